The molecule has 0 saturated carbocycles. The highest BCUT2D eigenvalue weighted by molar-refractivity contribution is 7.25. The van der Waals surface area contributed by atoms with E-state index in [2.05, 4.69) is 201 Å². The van der Waals surface area contributed by atoms with Gasteiger partial charge in [0.2, 0.25) is 0 Å². The Bertz CT molecular complexity index is 4170. The number of hydrogen-bond acceptors (Lipinski definition) is 4. The first-order valence-corrected chi connectivity index (χ1v) is 24.7. The number of nitrogens with zero attached hydrogens (tertiary/aromatic N) is 2. The monoisotopic (exact) mass is 888 g/mol. The van der Waals surface area contributed by atoms with Gasteiger partial charge in [0.15, 0.2) is 5.84 Å². The molecule has 0 fully saturated rings. The summed E-state index contributed by atoms with van der Waals surface area (Å²) in [6.45, 7) is 2.25. The molecule has 1 unspecified atom stereocenters. The van der Waals surface area contributed by atoms with Gasteiger partial charge in [0, 0.05) is 58.9 Å². The van der Waals surface area contributed by atoms with E-state index < -0.39 is 0 Å². The zero-order chi connectivity index (χ0) is 44.9. The number of aryl methyl sites for hydroxylation is 1. The molecule has 14 rings (SSSR count). The van der Waals surface area contributed by atoms with Crippen LogP contribution in [-0.4, -0.2) is 11.5 Å². The minimum atomic E-state index is 0.0448. The van der Waals surface area contributed by atoms with E-state index in [9.17, 15) is 0 Å². The lowest BCUT2D eigenvalue weighted by Crippen LogP contribution is -2.12. The second kappa shape index (κ2) is 15.6. The van der Waals surface area contributed by atoms with Crippen molar-refractivity contribution in [1.29, 1.82) is 0 Å². The van der Waals surface area contributed by atoms with Crippen molar-refractivity contribution in [2.45, 2.75) is 38.5 Å². The summed E-state index contributed by atoms with van der Waals surface area (Å²) >= 11 is 1.83. The van der Waals surface area contributed by atoms with Crippen molar-refractivity contribution in [3.63, 3.8) is 0 Å². The molecule has 2 aromatic heterocycles. The summed E-state index contributed by atoms with van der Waals surface area (Å²) in [6, 6.07) is 71.4. The molecule has 2 aliphatic rings. The molecule has 0 saturated heterocycles. The van der Waals surface area contributed by atoms with Crippen LogP contribution in [-0.2, 0) is 6.42 Å². The standard InChI is InChI=1S/C64H44N2OS/c1-38-23-32-57(65-64(66-61(38)41-15-3-2-4-16-41)45-27-29-51-50-21-11-12-22-58(50)68-59(51)37-45)46-35-55(63-56(36-46)53-31-25-40-14-8-10-20-48(40)62(53)67-63)49-28-26-44-33-42-17-5-6-18-43(42)34-54(44)60-47-19-9-7-13-39(47)24-30-52(49)60/h2-22,24-25,27,29-31,33-37,49H,23,26,28,32H2,1H3/b61-38+,65-57?,66-64?. The Morgan fingerprint density at radius 3 is 2.00 bits per heavy atom. The Morgan fingerprint density at radius 1 is 0.456 bits per heavy atom. The highest BCUT2D eigenvalue weighted by atomic mass is 32.1. The maximum atomic E-state index is 7.29. The van der Waals surface area contributed by atoms with Gasteiger partial charge in [-0.05, 0) is 129 Å². The number of rotatable bonds is 4. The maximum absolute atomic E-state index is 7.29. The number of fused-ring (bicyclic) bond motifs is 14. The molecule has 0 N–H and O–H groups in total. The van der Waals surface area contributed by atoms with E-state index >= 15 is 0 Å². The van der Waals surface area contributed by atoms with E-state index in [0.717, 1.165) is 86.9 Å². The molecule has 322 valence electrons. The molecule has 1 aliphatic carbocycles. The molecule has 1 atom stereocenters. The zero-order valence-corrected chi connectivity index (χ0v) is 38.4. The summed E-state index contributed by atoms with van der Waals surface area (Å²) in [4.78, 5) is 11.3. The third-order valence-electron chi connectivity index (χ3n) is 14.8. The van der Waals surface area contributed by atoms with Gasteiger partial charge in [-0.2, -0.15) is 0 Å². The van der Waals surface area contributed by atoms with Gasteiger partial charge in [0.25, 0.3) is 0 Å². The first-order chi connectivity index (χ1) is 33.6. The summed E-state index contributed by atoms with van der Waals surface area (Å²) < 4.78 is 9.81. The SMILES string of the molecule is C/C1=C(/c2ccccc2)N=C(c2ccc3c(c2)sc2ccccc23)N=C(c2cc(C3CCc4cc5ccccc5cc4-c4c3ccc3ccccc43)c3oc4c5ccccc5ccc4c3c2)CC1. The quantitative estimate of drug-likeness (QED) is 0.173. The Balaban J connectivity index is 1.02. The number of thiophene rings is 1. The fourth-order valence-corrected chi connectivity index (χ4v) is 12.5. The molecule has 0 amide bonds. The maximum Gasteiger partial charge on any atom is 0.160 e. The fraction of sp³-hybridized carbons (Fsp3) is 0.0938. The van der Waals surface area contributed by atoms with Crippen LogP contribution >= 0.6 is 11.3 Å². The molecule has 68 heavy (non-hydrogen) atoms. The lowest BCUT2D eigenvalue weighted by Gasteiger charge is -2.22. The van der Waals surface area contributed by atoms with Crippen LogP contribution in [0.1, 0.15) is 65.5 Å². The van der Waals surface area contributed by atoms with E-state index in [-0.39, 0.29) is 5.92 Å². The molecule has 0 radical (unpaired) electrons. The van der Waals surface area contributed by atoms with Gasteiger partial charge in [-0.1, -0.05) is 158 Å². The van der Waals surface area contributed by atoms with Crippen LogP contribution in [0.3, 0.4) is 0 Å². The van der Waals surface area contributed by atoms with Crippen LogP contribution in [0, 0.1) is 0 Å². The van der Waals surface area contributed by atoms with Crippen LogP contribution in [0.25, 0.3) is 91.3 Å². The Kier molecular flexibility index (Phi) is 9.00. The zero-order valence-electron chi connectivity index (χ0n) is 37.6. The summed E-state index contributed by atoms with van der Waals surface area (Å²) in [5.74, 6) is 0.777. The normalized spacial score (nSPS) is 16.5. The lowest BCUT2D eigenvalue weighted by molar-refractivity contribution is 0.650. The van der Waals surface area contributed by atoms with Crippen LogP contribution in [0.2, 0.25) is 0 Å². The first kappa shape index (κ1) is 39.3. The number of allylic oxidation sites excluding steroid dienone is 1. The van der Waals surface area contributed by atoms with E-state index in [1.165, 1.54) is 80.5 Å². The first-order valence-electron chi connectivity index (χ1n) is 23.8. The third-order valence-corrected chi connectivity index (χ3v) is 15.9. The predicted molar refractivity (Wildman–Crippen MR) is 289 cm³/mol. The van der Waals surface area contributed by atoms with Gasteiger partial charge in [0.1, 0.15) is 11.2 Å². The second-order valence-corrected chi connectivity index (χ2v) is 19.8. The fourth-order valence-electron chi connectivity index (χ4n) is 11.4. The van der Waals surface area contributed by atoms with Crippen molar-refractivity contribution in [3.8, 4) is 11.1 Å². The van der Waals surface area contributed by atoms with Crippen molar-refractivity contribution in [2.75, 3.05) is 0 Å². The van der Waals surface area contributed by atoms with Crippen LogP contribution < -0.4 is 0 Å². The number of hydrogen-bond donors (Lipinski definition) is 0. The van der Waals surface area contributed by atoms with E-state index in [4.69, 9.17) is 14.4 Å². The molecule has 4 heteroatoms. The van der Waals surface area contributed by atoms with Gasteiger partial charge < -0.3 is 4.42 Å². The average molecular weight is 889 g/mol. The van der Waals surface area contributed by atoms with Crippen molar-refractivity contribution in [3.05, 3.63) is 233 Å². The average Bonchev–Trinajstić information content (AvgIpc) is 3.91. The molecule has 0 bridgehead atoms. The molecule has 0 spiro atoms. The van der Waals surface area contributed by atoms with Gasteiger partial charge in [-0.3, -0.25) is 0 Å². The number of aliphatic imine (C=N–C) groups is 2. The minimum absolute atomic E-state index is 0.0448. The molecule has 3 heterocycles. The highest BCUT2D eigenvalue weighted by Gasteiger charge is 2.30. The summed E-state index contributed by atoms with van der Waals surface area (Å²) in [5, 5.41) is 12.2. The van der Waals surface area contributed by atoms with Gasteiger partial charge in [0.05, 0.1) is 11.4 Å². The lowest BCUT2D eigenvalue weighted by atomic mass is 9.82. The van der Waals surface area contributed by atoms with Crippen LogP contribution in [0.15, 0.2) is 214 Å². The summed E-state index contributed by atoms with van der Waals surface area (Å²) in [7, 11) is 0. The molecular formula is C64H44N2OS. The molecule has 10 aromatic carbocycles. The Morgan fingerprint density at radius 2 is 1.15 bits per heavy atom. The minimum Gasteiger partial charge on any atom is -0.455 e. The topological polar surface area (TPSA) is 37.9 Å². The summed E-state index contributed by atoms with van der Waals surface area (Å²) in [6.07, 6.45) is 3.47. The van der Waals surface area contributed by atoms with Crippen LogP contribution in [0.5, 0.6) is 0 Å². The largest absolute Gasteiger partial charge is 0.455 e. The highest BCUT2D eigenvalue weighted by Crippen LogP contribution is 2.49. The number of furan rings is 1. The van der Waals surface area contributed by atoms with Gasteiger partial charge in [-0.25, -0.2) is 9.98 Å². The molecule has 12 aromatic rings. The van der Waals surface area contributed by atoms with Crippen molar-refractivity contribution < 1.29 is 4.42 Å². The van der Waals surface area contributed by atoms with Gasteiger partial charge >= 0.3 is 0 Å². The Labute approximate surface area is 398 Å². The third kappa shape index (κ3) is 6.32. The number of amidine groups is 1. The molecule has 3 nitrogen and oxygen atoms in total. The smallest absolute Gasteiger partial charge is 0.160 e. The predicted octanol–water partition coefficient (Wildman–Crippen LogP) is 17.6. The number of benzene rings is 10. The van der Waals surface area contributed by atoms with Crippen molar-refractivity contribution in [1.82, 2.24) is 0 Å². The van der Waals surface area contributed by atoms with Crippen LogP contribution in [0.4, 0.5) is 0 Å². The molecular weight excluding hydrogens is 845 g/mol. The van der Waals surface area contributed by atoms with Gasteiger partial charge in [-0.15, -0.1) is 11.3 Å². The van der Waals surface area contributed by atoms with E-state index in [1.807, 2.05) is 11.3 Å². The van der Waals surface area contributed by atoms with E-state index in [1.54, 1.807) is 0 Å². The summed E-state index contributed by atoms with van der Waals surface area (Å²) in [5.41, 5.74) is 15.0. The molecule has 1 aliphatic heterocycles. The van der Waals surface area contributed by atoms with Crippen molar-refractivity contribution in [2.24, 2.45) is 9.98 Å². The van der Waals surface area contributed by atoms with Crippen molar-refractivity contribution >= 4 is 103 Å². The Hall–Kier alpha value is -7.92. The van der Waals surface area contributed by atoms with E-state index in [0.29, 0.717) is 0 Å². The second-order valence-electron chi connectivity index (χ2n) is 18.7.